The van der Waals surface area contributed by atoms with Crippen LogP contribution in [0, 0.1) is 0 Å². The van der Waals surface area contributed by atoms with Crippen LogP contribution in [-0.2, 0) is 14.8 Å². The summed E-state index contributed by atoms with van der Waals surface area (Å²) in [6.07, 6.45) is -1.14. The molecule has 2 amide bonds. The van der Waals surface area contributed by atoms with Gasteiger partial charge in [0.2, 0.25) is 0 Å². The van der Waals surface area contributed by atoms with Crippen LogP contribution in [0.25, 0.3) is 0 Å². The summed E-state index contributed by atoms with van der Waals surface area (Å²) in [5.41, 5.74) is 6.07. The standard InChI is InChI=1S/C22H19N3O5S/c23-21(26)16-10-4-5-11-17(16)24-22(27)20-14-25(18-12-6-7-13-19(18)30-20)31(28,29)15-8-2-1-3-9-15/h1-13,20H,14H2,(H2,23,26)(H,24,27). The van der Waals surface area contributed by atoms with Gasteiger partial charge >= 0.3 is 0 Å². The minimum atomic E-state index is -3.94. The fraction of sp³-hybridized carbons (Fsp3) is 0.0909. The molecule has 0 spiro atoms. The zero-order chi connectivity index (χ0) is 22.0. The molecule has 4 rings (SSSR count). The number of nitrogens with one attached hydrogen (secondary N) is 1. The summed E-state index contributed by atoms with van der Waals surface area (Å²) in [6, 6.07) is 20.8. The van der Waals surface area contributed by atoms with E-state index < -0.39 is 27.9 Å². The van der Waals surface area contributed by atoms with Crippen LogP contribution >= 0.6 is 0 Å². The third-order valence-corrected chi connectivity index (χ3v) is 6.60. The average molecular weight is 437 g/mol. The molecular formula is C22H19N3O5S. The first kappa shape index (κ1) is 20.4. The molecule has 1 unspecified atom stereocenters. The predicted molar refractivity (Wildman–Crippen MR) is 115 cm³/mol. The number of primary amides is 1. The molecule has 3 aromatic rings. The lowest BCUT2D eigenvalue weighted by Gasteiger charge is -2.34. The van der Waals surface area contributed by atoms with Gasteiger partial charge in [-0.15, -0.1) is 0 Å². The molecule has 9 heteroatoms. The highest BCUT2D eigenvalue weighted by atomic mass is 32.2. The summed E-state index contributed by atoms with van der Waals surface area (Å²) in [5.74, 6) is -1.04. The van der Waals surface area contributed by atoms with Crippen molar-refractivity contribution in [2.75, 3.05) is 16.2 Å². The third-order valence-electron chi connectivity index (χ3n) is 4.81. The number of benzene rings is 3. The van der Waals surface area contributed by atoms with Crippen LogP contribution < -0.4 is 20.1 Å². The first-order valence-electron chi connectivity index (χ1n) is 9.41. The Kier molecular flexibility index (Phi) is 5.35. The number of nitrogens with zero attached hydrogens (tertiary/aromatic N) is 1. The molecule has 0 radical (unpaired) electrons. The van der Waals surface area contributed by atoms with Crippen molar-refractivity contribution < 1.29 is 22.7 Å². The van der Waals surface area contributed by atoms with E-state index in [1.54, 1.807) is 54.6 Å². The van der Waals surface area contributed by atoms with Crippen molar-refractivity contribution in [1.82, 2.24) is 0 Å². The van der Waals surface area contributed by atoms with Crippen LogP contribution in [0.2, 0.25) is 0 Å². The van der Waals surface area contributed by atoms with E-state index in [9.17, 15) is 18.0 Å². The van der Waals surface area contributed by atoms with Crippen molar-refractivity contribution in [3.05, 3.63) is 84.4 Å². The van der Waals surface area contributed by atoms with E-state index in [-0.39, 0.29) is 28.4 Å². The quantitative estimate of drug-likeness (QED) is 0.635. The first-order chi connectivity index (χ1) is 14.9. The lowest BCUT2D eigenvalue weighted by atomic mass is 10.1. The maximum absolute atomic E-state index is 13.3. The van der Waals surface area contributed by atoms with E-state index in [4.69, 9.17) is 10.5 Å². The number of amides is 2. The number of hydrogen-bond donors (Lipinski definition) is 2. The summed E-state index contributed by atoms with van der Waals surface area (Å²) in [7, 11) is -3.94. The minimum absolute atomic E-state index is 0.102. The van der Waals surface area contributed by atoms with E-state index in [0.29, 0.717) is 5.69 Å². The normalized spacial score (nSPS) is 15.5. The van der Waals surface area contributed by atoms with Gasteiger partial charge < -0.3 is 15.8 Å². The molecule has 31 heavy (non-hydrogen) atoms. The molecule has 1 aliphatic rings. The molecule has 3 aromatic carbocycles. The van der Waals surface area contributed by atoms with Crippen LogP contribution in [0.15, 0.2) is 83.8 Å². The van der Waals surface area contributed by atoms with Gasteiger partial charge in [-0.05, 0) is 36.4 Å². The number of anilines is 2. The summed E-state index contributed by atoms with van der Waals surface area (Å²) in [6.45, 7) is -0.237. The number of para-hydroxylation sites is 3. The van der Waals surface area contributed by atoms with Crippen molar-refractivity contribution in [2.24, 2.45) is 5.73 Å². The van der Waals surface area contributed by atoms with E-state index in [0.717, 1.165) is 4.31 Å². The van der Waals surface area contributed by atoms with Crippen LogP contribution in [0.3, 0.4) is 0 Å². The molecule has 1 atom stereocenters. The number of carbonyl (C=O) groups excluding carboxylic acids is 2. The molecule has 1 aliphatic heterocycles. The average Bonchev–Trinajstić information content (AvgIpc) is 2.79. The molecule has 3 N–H and O–H groups in total. The summed E-state index contributed by atoms with van der Waals surface area (Å²) in [5, 5.41) is 2.62. The fourth-order valence-corrected chi connectivity index (χ4v) is 4.80. The van der Waals surface area contributed by atoms with E-state index in [2.05, 4.69) is 5.32 Å². The lowest BCUT2D eigenvalue weighted by Crippen LogP contribution is -2.48. The van der Waals surface area contributed by atoms with Gasteiger partial charge in [0, 0.05) is 0 Å². The molecule has 8 nitrogen and oxygen atoms in total. The van der Waals surface area contributed by atoms with Crippen molar-refractivity contribution >= 4 is 33.2 Å². The maximum atomic E-state index is 13.3. The van der Waals surface area contributed by atoms with E-state index >= 15 is 0 Å². The molecule has 0 saturated carbocycles. The first-order valence-corrected chi connectivity index (χ1v) is 10.8. The number of sulfonamides is 1. The van der Waals surface area contributed by atoms with Gasteiger partial charge in [0.25, 0.3) is 21.8 Å². The molecular weight excluding hydrogens is 418 g/mol. The number of carbonyl (C=O) groups is 2. The Morgan fingerprint density at radius 3 is 2.32 bits per heavy atom. The lowest BCUT2D eigenvalue weighted by molar-refractivity contribution is -0.122. The van der Waals surface area contributed by atoms with Gasteiger partial charge in [-0.2, -0.15) is 0 Å². The van der Waals surface area contributed by atoms with Crippen LogP contribution in [0.5, 0.6) is 5.75 Å². The summed E-state index contributed by atoms with van der Waals surface area (Å²) < 4.78 is 33.5. The van der Waals surface area contributed by atoms with Crippen LogP contribution in [-0.4, -0.2) is 32.9 Å². The third kappa shape index (κ3) is 3.95. The zero-order valence-electron chi connectivity index (χ0n) is 16.3. The minimum Gasteiger partial charge on any atom is -0.476 e. The Hall–Kier alpha value is -3.85. The maximum Gasteiger partial charge on any atom is 0.267 e. The second-order valence-corrected chi connectivity index (χ2v) is 8.68. The Morgan fingerprint density at radius 2 is 1.58 bits per heavy atom. The Labute approximate surface area is 179 Å². The molecule has 0 aliphatic carbocycles. The highest BCUT2D eigenvalue weighted by Crippen LogP contribution is 2.37. The van der Waals surface area contributed by atoms with Crippen LogP contribution in [0.1, 0.15) is 10.4 Å². The van der Waals surface area contributed by atoms with Gasteiger partial charge in [0.05, 0.1) is 28.4 Å². The molecule has 0 bridgehead atoms. The smallest absolute Gasteiger partial charge is 0.267 e. The van der Waals surface area contributed by atoms with Crippen molar-refractivity contribution in [1.29, 1.82) is 0 Å². The monoisotopic (exact) mass is 437 g/mol. The Morgan fingerprint density at radius 1 is 0.935 bits per heavy atom. The molecule has 158 valence electrons. The van der Waals surface area contributed by atoms with Gasteiger partial charge in [-0.3, -0.25) is 13.9 Å². The zero-order valence-corrected chi connectivity index (χ0v) is 17.1. The van der Waals surface area contributed by atoms with Gasteiger partial charge in [-0.25, -0.2) is 8.42 Å². The number of nitrogens with two attached hydrogens (primary N) is 1. The van der Waals surface area contributed by atoms with Gasteiger partial charge in [-0.1, -0.05) is 42.5 Å². The molecule has 0 fully saturated rings. The molecule has 1 heterocycles. The summed E-state index contributed by atoms with van der Waals surface area (Å²) >= 11 is 0. The Bertz CT molecular complexity index is 1240. The fourth-order valence-electron chi connectivity index (χ4n) is 3.31. The van der Waals surface area contributed by atoms with Crippen LogP contribution in [0.4, 0.5) is 11.4 Å². The molecule has 0 aromatic heterocycles. The topological polar surface area (TPSA) is 119 Å². The van der Waals surface area contributed by atoms with Crippen molar-refractivity contribution in [3.63, 3.8) is 0 Å². The van der Waals surface area contributed by atoms with Gasteiger partial charge in [0.15, 0.2) is 6.10 Å². The highest BCUT2D eigenvalue weighted by molar-refractivity contribution is 7.92. The second-order valence-electron chi connectivity index (χ2n) is 6.82. The van der Waals surface area contributed by atoms with E-state index in [1.165, 1.54) is 24.3 Å². The number of hydrogen-bond acceptors (Lipinski definition) is 5. The summed E-state index contributed by atoms with van der Waals surface area (Å²) in [4.78, 5) is 24.7. The number of rotatable bonds is 5. The van der Waals surface area contributed by atoms with Crippen molar-refractivity contribution in [3.8, 4) is 5.75 Å². The Balaban J connectivity index is 1.68. The molecule has 0 saturated heterocycles. The second kappa shape index (κ2) is 8.11. The highest BCUT2D eigenvalue weighted by Gasteiger charge is 2.37. The number of ether oxygens (including phenoxy) is 1. The SMILES string of the molecule is NC(=O)c1ccccc1NC(=O)C1CN(S(=O)(=O)c2ccccc2)c2ccccc2O1. The van der Waals surface area contributed by atoms with Crippen molar-refractivity contribution in [2.45, 2.75) is 11.0 Å². The predicted octanol–water partition coefficient (Wildman–Crippen LogP) is 2.38. The largest absolute Gasteiger partial charge is 0.476 e. The van der Waals surface area contributed by atoms with Gasteiger partial charge in [0.1, 0.15) is 5.75 Å². The van der Waals surface area contributed by atoms with E-state index in [1.807, 2.05) is 0 Å². The number of fused-ring (bicyclic) bond motifs is 1.